The van der Waals surface area contributed by atoms with E-state index in [1.54, 1.807) is 25.2 Å². The summed E-state index contributed by atoms with van der Waals surface area (Å²) in [5.41, 5.74) is 4.79. The van der Waals surface area contributed by atoms with Crippen LogP contribution in [0, 0.1) is 5.92 Å². The molecule has 1 aliphatic carbocycles. The van der Waals surface area contributed by atoms with Gasteiger partial charge in [0.2, 0.25) is 5.91 Å². The van der Waals surface area contributed by atoms with Gasteiger partial charge in [-0.2, -0.15) is 0 Å². The fraction of sp³-hybridized carbons (Fsp3) is 0.250. The smallest absolute Gasteiger partial charge is 0.228 e. The quantitative estimate of drug-likeness (QED) is 0.817. The number of nitrogens with two attached hydrogens (primary N) is 1. The summed E-state index contributed by atoms with van der Waals surface area (Å²) in [6, 6.07) is 3.67. The van der Waals surface area contributed by atoms with E-state index < -0.39 is 17.4 Å². The molecular weight excluding hydrogens is 222 g/mol. The molecular formula is C12H13NO2S. The van der Waals surface area contributed by atoms with Gasteiger partial charge in [-0.1, -0.05) is 24.3 Å². The van der Waals surface area contributed by atoms with Gasteiger partial charge in [0.25, 0.3) is 0 Å². The summed E-state index contributed by atoms with van der Waals surface area (Å²) in [6.45, 7) is 1.80. The zero-order chi connectivity index (χ0) is 11.8. The first kappa shape index (κ1) is 11.1. The second kappa shape index (κ2) is 3.88. The second-order valence-corrected chi connectivity index (χ2v) is 4.81. The minimum Gasteiger partial charge on any atom is -0.379 e. The Balaban J connectivity index is 2.54. The molecule has 84 valence electrons. The van der Waals surface area contributed by atoms with Crippen LogP contribution in [0.2, 0.25) is 0 Å². The number of allylic oxidation sites excluding steroid dienone is 2. The lowest BCUT2D eigenvalue weighted by Crippen LogP contribution is -2.43. The molecule has 1 heterocycles. The molecule has 3 N–H and O–H groups in total. The predicted octanol–water partition coefficient (Wildman–Crippen LogP) is 1.55. The first-order valence-electron chi connectivity index (χ1n) is 4.98. The van der Waals surface area contributed by atoms with Crippen LogP contribution in [-0.4, -0.2) is 11.0 Å². The first-order chi connectivity index (χ1) is 7.56. The Morgan fingerprint density at radius 2 is 2.38 bits per heavy atom. The third-order valence-corrected chi connectivity index (χ3v) is 3.90. The van der Waals surface area contributed by atoms with Gasteiger partial charge in [0.15, 0.2) is 0 Å². The van der Waals surface area contributed by atoms with Crippen molar-refractivity contribution in [2.45, 2.75) is 12.5 Å². The third kappa shape index (κ3) is 1.50. The van der Waals surface area contributed by atoms with Crippen LogP contribution in [0.15, 0.2) is 41.3 Å². The molecule has 4 heteroatoms. The molecule has 16 heavy (non-hydrogen) atoms. The standard InChI is InChI=1S/C12H13NO2S/c1-8-4-2-5-9(11(13)14)12(8,15)10-6-3-7-16-10/h2-7,9,15H,1H3,(H2,13,14). The number of rotatable bonds is 2. The summed E-state index contributed by atoms with van der Waals surface area (Å²) in [6.07, 6.45) is 5.21. The molecule has 0 aliphatic heterocycles. The van der Waals surface area contributed by atoms with Gasteiger partial charge in [0, 0.05) is 4.88 Å². The van der Waals surface area contributed by atoms with Crippen LogP contribution in [0.1, 0.15) is 11.8 Å². The Kier molecular flexibility index (Phi) is 2.69. The van der Waals surface area contributed by atoms with E-state index in [1.165, 1.54) is 11.3 Å². The first-order valence-corrected chi connectivity index (χ1v) is 5.86. The highest BCUT2D eigenvalue weighted by Gasteiger charge is 2.43. The molecule has 3 nitrogen and oxygen atoms in total. The zero-order valence-corrected chi connectivity index (χ0v) is 9.70. The van der Waals surface area contributed by atoms with Crippen LogP contribution in [0.3, 0.4) is 0 Å². The van der Waals surface area contributed by atoms with Gasteiger partial charge in [-0.25, -0.2) is 0 Å². The number of carbonyl (C=O) groups is 1. The fourth-order valence-corrected chi connectivity index (χ4v) is 2.89. The highest BCUT2D eigenvalue weighted by atomic mass is 32.1. The van der Waals surface area contributed by atoms with Gasteiger partial charge in [0.05, 0.1) is 5.92 Å². The van der Waals surface area contributed by atoms with Crippen molar-refractivity contribution in [2.24, 2.45) is 11.7 Å². The van der Waals surface area contributed by atoms with Crippen LogP contribution in [0.4, 0.5) is 0 Å². The van der Waals surface area contributed by atoms with Crippen LogP contribution >= 0.6 is 11.3 Å². The van der Waals surface area contributed by atoms with Crippen molar-refractivity contribution in [1.29, 1.82) is 0 Å². The zero-order valence-electron chi connectivity index (χ0n) is 8.88. The van der Waals surface area contributed by atoms with Crippen molar-refractivity contribution in [1.82, 2.24) is 0 Å². The van der Waals surface area contributed by atoms with Crippen molar-refractivity contribution < 1.29 is 9.90 Å². The summed E-state index contributed by atoms with van der Waals surface area (Å²) >= 11 is 1.42. The van der Waals surface area contributed by atoms with E-state index in [0.29, 0.717) is 0 Å². The van der Waals surface area contributed by atoms with Crippen molar-refractivity contribution >= 4 is 17.2 Å². The molecule has 0 radical (unpaired) electrons. The SMILES string of the molecule is CC1=CC=CC(C(N)=O)C1(O)c1cccs1. The van der Waals surface area contributed by atoms with Crippen molar-refractivity contribution in [2.75, 3.05) is 0 Å². The molecule has 1 amide bonds. The molecule has 1 aliphatic rings. The number of thiophene rings is 1. The maximum Gasteiger partial charge on any atom is 0.228 e. The average Bonchev–Trinajstić information content (AvgIpc) is 2.75. The summed E-state index contributed by atoms with van der Waals surface area (Å²) in [5.74, 6) is -1.21. The molecule has 0 aromatic carbocycles. The van der Waals surface area contributed by atoms with E-state index >= 15 is 0 Å². The number of primary amides is 1. The Hall–Kier alpha value is -1.39. The van der Waals surface area contributed by atoms with Gasteiger partial charge in [-0.15, -0.1) is 11.3 Å². The molecule has 0 saturated heterocycles. The number of carbonyl (C=O) groups excluding carboxylic acids is 1. The Bertz CT molecular complexity index is 461. The molecule has 0 spiro atoms. The lowest BCUT2D eigenvalue weighted by Gasteiger charge is -2.35. The van der Waals surface area contributed by atoms with E-state index in [1.807, 2.05) is 17.5 Å². The molecule has 1 aromatic heterocycles. The highest BCUT2D eigenvalue weighted by molar-refractivity contribution is 7.10. The molecule has 1 aromatic rings. The molecule has 2 rings (SSSR count). The van der Waals surface area contributed by atoms with E-state index in [2.05, 4.69) is 0 Å². The summed E-state index contributed by atoms with van der Waals surface area (Å²) in [4.78, 5) is 12.1. The molecule has 0 saturated carbocycles. The van der Waals surface area contributed by atoms with Gasteiger partial charge < -0.3 is 10.8 Å². The van der Waals surface area contributed by atoms with Crippen LogP contribution in [0.5, 0.6) is 0 Å². The van der Waals surface area contributed by atoms with Crippen molar-refractivity contribution in [3.8, 4) is 0 Å². The van der Waals surface area contributed by atoms with Gasteiger partial charge >= 0.3 is 0 Å². The van der Waals surface area contributed by atoms with E-state index in [4.69, 9.17) is 5.73 Å². The summed E-state index contributed by atoms with van der Waals surface area (Å²) in [7, 11) is 0. The van der Waals surface area contributed by atoms with Crippen LogP contribution in [0.25, 0.3) is 0 Å². The predicted molar refractivity (Wildman–Crippen MR) is 63.8 cm³/mol. The lowest BCUT2D eigenvalue weighted by molar-refractivity contribution is -0.126. The molecule has 2 atom stereocenters. The minimum atomic E-state index is -1.28. The van der Waals surface area contributed by atoms with Gasteiger partial charge in [-0.05, 0) is 23.9 Å². The second-order valence-electron chi connectivity index (χ2n) is 3.86. The largest absolute Gasteiger partial charge is 0.379 e. The topological polar surface area (TPSA) is 63.3 Å². The number of aliphatic hydroxyl groups is 1. The maximum absolute atomic E-state index is 11.4. The molecule has 0 bridgehead atoms. The summed E-state index contributed by atoms with van der Waals surface area (Å²) < 4.78 is 0. The van der Waals surface area contributed by atoms with Gasteiger partial charge in [0.1, 0.15) is 5.60 Å². The Morgan fingerprint density at radius 1 is 1.62 bits per heavy atom. The Labute approximate surface area is 97.9 Å². The number of hydrogen-bond donors (Lipinski definition) is 2. The van der Waals surface area contributed by atoms with Gasteiger partial charge in [-0.3, -0.25) is 4.79 Å². The third-order valence-electron chi connectivity index (χ3n) is 2.90. The van der Waals surface area contributed by atoms with Crippen LogP contribution < -0.4 is 5.73 Å². The average molecular weight is 235 g/mol. The van der Waals surface area contributed by atoms with E-state index in [9.17, 15) is 9.90 Å². The van der Waals surface area contributed by atoms with E-state index in [-0.39, 0.29) is 0 Å². The normalized spacial score (nSPS) is 28.9. The van der Waals surface area contributed by atoms with Crippen LogP contribution in [-0.2, 0) is 10.4 Å². The summed E-state index contributed by atoms with van der Waals surface area (Å²) in [5, 5.41) is 12.6. The van der Waals surface area contributed by atoms with E-state index in [0.717, 1.165) is 10.5 Å². The van der Waals surface area contributed by atoms with Crippen molar-refractivity contribution in [3.63, 3.8) is 0 Å². The molecule has 0 fully saturated rings. The van der Waals surface area contributed by atoms with Crippen molar-refractivity contribution in [3.05, 3.63) is 46.2 Å². The fourth-order valence-electron chi connectivity index (χ4n) is 1.97. The highest BCUT2D eigenvalue weighted by Crippen LogP contribution is 2.41. The Morgan fingerprint density at radius 3 is 2.94 bits per heavy atom. The number of amides is 1. The maximum atomic E-state index is 11.4. The molecule has 2 unspecified atom stereocenters. The monoisotopic (exact) mass is 235 g/mol. The minimum absolute atomic E-state index is 0.514. The number of hydrogen-bond acceptors (Lipinski definition) is 3. The lowest BCUT2D eigenvalue weighted by atomic mass is 9.77.